The third-order valence-corrected chi connectivity index (χ3v) is 4.13. The summed E-state index contributed by atoms with van der Waals surface area (Å²) in [7, 11) is 4.28. The van der Waals surface area contributed by atoms with Crippen molar-refractivity contribution in [1.29, 1.82) is 0 Å². The maximum atomic E-state index is 5.66. The average Bonchev–Trinajstić information content (AvgIpc) is 2.46. The first-order valence-corrected chi connectivity index (χ1v) is 7.78. The molecule has 0 fully saturated rings. The van der Waals surface area contributed by atoms with Crippen LogP contribution < -0.4 is 14.8 Å². The van der Waals surface area contributed by atoms with Gasteiger partial charge in [-0.1, -0.05) is 19.9 Å². The Hall–Kier alpha value is -1.26. The molecule has 0 spiro atoms. The van der Waals surface area contributed by atoms with Crippen molar-refractivity contribution in [1.82, 2.24) is 10.2 Å². The molecule has 2 atom stereocenters. The van der Waals surface area contributed by atoms with Gasteiger partial charge in [0, 0.05) is 18.6 Å². The van der Waals surface area contributed by atoms with Crippen molar-refractivity contribution < 1.29 is 9.47 Å². The van der Waals surface area contributed by atoms with E-state index < -0.39 is 0 Å². The summed E-state index contributed by atoms with van der Waals surface area (Å²) in [5, 5.41) is 3.63. The molecule has 1 aliphatic rings. The Morgan fingerprint density at radius 2 is 1.76 bits per heavy atom. The van der Waals surface area contributed by atoms with Crippen molar-refractivity contribution >= 4 is 0 Å². The molecule has 1 heterocycles. The van der Waals surface area contributed by atoms with Crippen molar-refractivity contribution in [3.8, 4) is 11.5 Å². The van der Waals surface area contributed by atoms with E-state index in [0.29, 0.717) is 31.2 Å². The summed E-state index contributed by atoms with van der Waals surface area (Å²) in [6.07, 6.45) is 0. The third-order valence-electron chi connectivity index (χ3n) is 4.13. The van der Waals surface area contributed by atoms with Crippen molar-refractivity contribution in [2.24, 2.45) is 5.92 Å². The molecular formula is C17H28N2O2. The summed E-state index contributed by atoms with van der Waals surface area (Å²) in [6, 6.07) is 7.04. The first-order chi connectivity index (χ1) is 9.99. The topological polar surface area (TPSA) is 33.7 Å². The normalized spacial score (nSPS) is 17.1. The highest BCUT2D eigenvalue weighted by Crippen LogP contribution is 2.32. The Morgan fingerprint density at radius 1 is 1.10 bits per heavy atom. The minimum Gasteiger partial charge on any atom is -0.486 e. The van der Waals surface area contributed by atoms with E-state index in [1.165, 1.54) is 5.56 Å². The lowest BCUT2D eigenvalue weighted by Crippen LogP contribution is -2.42. The second kappa shape index (κ2) is 7.14. The maximum absolute atomic E-state index is 5.66. The fraction of sp³-hybridized carbons (Fsp3) is 0.647. The van der Waals surface area contributed by atoms with Gasteiger partial charge in [0.25, 0.3) is 0 Å². The van der Waals surface area contributed by atoms with Crippen LogP contribution in [0.1, 0.15) is 32.4 Å². The van der Waals surface area contributed by atoms with Crippen molar-refractivity contribution in [3.63, 3.8) is 0 Å². The Labute approximate surface area is 128 Å². The lowest BCUT2D eigenvalue weighted by atomic mass is 10.0. The van der Waals surface area contributed by atoms with Crippen LogP contribution in [0, 0.1) is 5.92 Å². The van der Waals surface area contributed by atoms with Gasteiger partial charge >= 0.3 is 0 Å². The SMILES string of the molecule is CC(NCC(C(C)C)N(C)C)c1ccc2c(c1)OCCO2. The van der Waals surface area contributed by atoms with E-state index in [1.807, 2.05) is 6.07 Å². The van der Waals surface area contributed by atoms with Crippen molar-refractivity contribution in [3.05, 3.63) is 23.8 Å². The zero-order valence-electron chi connectivity index (χ0n) is 13.8. The maximum Gasteiger partial charge on any atom is 0.161 e. The Kier molecular flexibility index (Phi) is 5.48. The van der Waals surface area contributed by atoms with Crippen LogP contribution in [0.15, 0.2) is 18.2 Å². The minimum absolute atomic E-state index is 0.294. The van der Waals surface area contributed by atoms with Gasteiger partial charge in [0.15, 0.2) is 11.5 Å². The fourth-order valence-electron chi connectivity index (χ4n) is 2.76. The Balaban J connectivity index is 1.98. The highest BCUT2D eigenvalue weighted by molar-refractivity contribution is 5.44. The van der Waals surface area contributed by atoms with Crippen LogP contribution in [0.25, 0.3) is 0 Å². The van der Waals surface area contributed by atoms with Gasteiger partial charge in [-0.2, -0.15) is 0 Å². The molecule has 0 aromatic heterocycles. The number of fused-ring (bicyclic) bond motifs is 1. The number of hydrogen-bond acceptors (Lipinski definition) is 4. The predicted molar refractivity (Wildman–Crippen MR) is 86.2 cm³/mol. The molecule has 0 aliphatic carbocycles. The standard InChI is InChI=1S/C17H28N2O2/c1-12(2)15(19(4)5)11-18-13(3)14-6-7-16-17(10-14)21-9-8-20-16/h6-7,10,12-13,15,18H,8-9,11H2,1-5H3. The number of nitrogens with zero attached hydrogens (tertiary/aromatic N) is 1. The quantitative estimate of drug-likeness (QED) is 0.874. The Morgan fingerprint density at radius 3 is 2.38 bits per heavy atom. The minimum atomic E-state index is 0.294. The second-order valence-electron chi connectivity index (χ2n) is 6.31. The molecule has 118 valence electrons. The van der Waals surface area contributed by atoms with Gasteiger partial charge in [-0.25, -0.2) is 0 Å². The zero-order valence-corrected chi connectivity index (χ0v) is 13.8. The summed E-state index contributed by atoms with van der Waals surface area (Å²) in [5.74, 6) is 2.34. The summed E-state index contributed by atoms with van der Waals surface area (Å²) >= 11 is 0. The van der Waals surface area contributed by atoms with Gasteiger partial charge in [0.1, 0.15) is 13.2 Å². The van der Waals surface area contributed by atoms with E-state index >= 15 is 0 Å². The zero-order chi connectivity index (χ0) is 15.4. The van der Waals surface area contributed by atoms with E-state index in [4.69, 9.17) is 9.47 Å². The molecule has 1 aromatic carbocycles. The first kappa shape index (κ1) is 16.1. The molecule has 4 heteroatoms. The molecule has 0 amide bonds. The monoisotopic (exact) mass is 292 g/mol. The van der Waals surface area contributed by atoms with Crippen LogP contribution in [0.3, 0.4) is 0 Å². The molecule has 21 heavy (non-hydrogen) atoms. The summed E-state index contributed by atoms with van der Waals surface area (Å²) < 4.78 is 11.2. The van der Waals surface area contributed by atoms with Gasteiger partial charge in [-0.15, -0.1) is 0 Å². The number of benzene rings is 1. The van der Waals surface area contributed by atoms with E-state index in [2.05, 4.69) is 57.2 Å². The van der Waals surface area contributed by atoms with Gasteiger partial charge in [-0.05, 0) is 44.6 Å². The highest BCUT2D eigenvalue weighted by Gasteiger charge is 2.18. The van der Waals surface area contributed by atoms with Gasteiger partial charge < -0.3 is 19.7 Å². The van der Waals surface area contributed by atoms with E-state index in [9.17, 15) is 0 Å². The van der Waals surface area contributed by atoms with Gasteiger partial charge in [0.2, 0.25) is 0 Å². The first-order valence-electron chi connectivity index (χ1n) is 7.78. The smallest absolute Gasteiger partial charge is 0.161 e. The van der Waals surface area contributed by atoms with Crippen LogP contribution in [0.5, 0.6) is 11.5 Å². The third kappa shape index (κ3) is 4.11. The Bertz CT molecular complexity index is 452. The van der Waals surface area contributed by atoms with E-state index in [-0.39, 0.29) is 0 Å². The number of hydrogen-bond donors (Lipinski definition) is 1. The summed E-state index contributed by atoms with van der Waals surface area (Å²) in [5.41, 5.74) is 1.24. The number of ether oxygens (including phenoxy) is 2. The fourth-order valence-corrected chi connectivity index (χ4v) is 2.76. The van der Waals surface area contributed by atoms with Crippen LogP contribution in [0.2, 0.25) is 0 Å². The molecule has 1 aromatic rings. The molecule has 0 saturated heterocycles. The molecule has 0 saturated carbocycles. The van der Waals surface area contributed by atoms with E-state index in [0.717, 1.165) is 18.0 Å². The molecule has 0 bridgehead atoms. The van der Waals surface area contributed by atoms with Gasteiger partial charge in [-0.3, -0.25) is 0 Å². The number of nitrogens with one attached hydrogen (secondary N) is 1. The highest BCUT2D eigenvalue weighted by atomic mass is 16.6. The summed E-state index contributed by atoms with van der Waals surface area (Å²) in [4.78, 5) is 2.29. The van der Waals surface area contributed by atoms with Crippen molar-refractivity contribution in [2.75, 3.05) is 33.9 Å². The molecule has 1 N–H and O–H groups in total. The molecule has 0 radical (unpaired) electrons. The lowest BCUT2D eigenvalue weighted by Gasteiger charge is -2.30. The molecule has 1 aliphatic heterocycles. The van der Waals surface area contributed by atoms with Gasteiger partial charge in [0.05, 0.1) is 0 Å². The van der Waals surface area contributed by atoms with Crippen LogP contribution >= 0.6 is 0 Å². The largest absolute Gasteiger partial charge is 0.486 e. The number of likely N-dealkylation sites (N-methyl/N-ethyl adjacent to an activating group) is 1. The second-order valence-corrected chi connectivity index (χ2v) is 6.31. The van der Waals surface area contributed by atoms with Crippen LogP contribution in [-0.4, -0.2) is 44.8 Å². The molecule has 2 rings (SSSR count). The molecule has 2 unspecified atom stereocenters. The van der Waals surface area contributed by atoms with Crippen molar-refractivity contribution in [2.45, 2.75) is 32.9 Å². The van der Waals surface area contributed by atoms with Crippen LogP contribution in [0.4, 0.5) is 0 Å². The van der Waals surface area contributed by atoms with Crippen LogP contribution in [-0.2, 0) is 0 Å². The van der Waals surface area contributed by atoms with E-state index in [1.54, 1.807) is 0 Å². The molecular weight excluding hydrogens is 264 g/mol. The molecule has 4 nitrogen and oxygen atoms in total. The summed E-state index contributed by atoms with van der Waals surface area (Å²) in [6.45, 7) is 8.97. The predicted octanol–water partition coefficient (Wildman–Crippen LogP) is 2.69. The average molecular weight is 292 g/mol. The number of rotatable bonds is 6. The lowest BCUT2D eigenvalue weighted by molar-refractivity contribution is 0.171.